The second-order valence-corrected chi connectivity index (χ2v) is 6.44. The van der Waals surface area contributed by atoms with Crippen LogP contribution in [0.25, 0.3) is 0 Å². The highest BCUT2D eigenvalue weighted by molar-refractivity contribution is 5.77. The number of hydrogen-bond acceptors (Lipinski definition) is 2. The average Bonchev–Trinajstić information content (AvgIpc) is 2.96. The summed E-state index contributed by atoms with van der Waals surface area (Å²) in [6.07, 6.45) is 5.97. The number of aryl methyl sites for hydroxylation is 1. The number of nitrogens with two attached hydrogens (primary N) is 1. The summed E-state index contributed by atoms with van der Waals surface area (Å²) in [4.78, 5) is 12.3. The minimum atomic E-state index is -0.136. The van der Waals surface area contributed by atoms with Crippen LogP contribution in [0.4, 0.5) is 0 Å². The molecule has 0 aromatic heterocycles. The number of hydrogen-bond donors (Lipinski definition) is 2. The quantitative estimate of drug-likeness (QED) is 0.845. The van der Waals surface area contributed by atoms with Crippen molar-refractivity contribution in [2.24, 2.45) is 5.73 Å². The van der Waals surface area contributed by atoms with Gasteiger partial charge in [-0.1, -0.05) is 51.0 Å². The van der Waals surface area contributed by atoms with E-state index in [4.69, 9.17) is 5.73 Å². The Balaban J connectivity index is 1.91. The standard InChI is InChI=1S/C18H28N2O/c1-3-15-6-8-16(9-7-15)14(2)12-17(21)20-18(13-19)10-4-5-11-18/h6-9,14H,3-5,10-13,19H2,1-2H3,(H,20,21). The van der Waals surface area contributed by atoms with Crippen molar-refractivity contribution < 1.29 is 4.79 Å². The van der Waals surface area contributed by atoms with E-state index in [2.05, 4.69) is 43.4 Å². The first-order valence-corrected chi connectivity index (χ1v) is 8.18. The topological polar surface area (TPSA) is 55.1 Å². The lowest BCUT2D eigenvalue weighted by Gasteiger charge is -2.29. The molecule has 21 heavy (non-hydrogen) atoms. The molecule has 1 aliphatic carbocycles. The van der Waals surface area contributed by atoms with E-state index >= 15 is 0 Å². The van der Waals surface area contributed by atoms with Gasteiger partial charge < -0.3 is 11.1 Å². The molecule has 1 unspecified atom stereocenters. The lowest BCUT2D eigenvalue weighted by atomic mass is 9.94. The van der Waals surface area contributed by atoms with Gasteiger partial charge in [-0.15, -0.1) is 0 Å². The molecule has 0 spiro atoms. The van der Waals surface area contributed by atoms with Gasteiger partial charge in [0.05, 0.1) is 5.54 Å². The summed E-state index contributed by atoms with van der Waals surface area (Å²) >= 11 is 0. The molecule has 1 aliphatic rings. The van der Waals surface area contributed by atoms with E-state index in [9.17, 15) is 4.79 Å². The zero-order valence-corrected chi connectivity index (χ0v) is 13.3. The maximum absolute atomic E-state index is 12.3. The molecule has 3 nitrogen and oxygen atoms in total. The van der Waals surface area contributed by atoms with Crippen LogP contribution < -0.4 is 11.1 Å². The Bertz CT molecular complexity index is 461. The molecular weight excluding hydrogens is 260 g/mol. The number of nitrogens with one attached hydrogen (secondary N) is 1. The molecule has 2 rings (SSSR count). The summed E-state index contributed by atoms with van der Waals surface area (Å²) < 4.78 is 0. The van der Waals surface area contributed by atoms with E-state index in [1.807, 2.05) is 0 Å². The molecule has 0 bridgehead atoms. The van der Waals surface area contributed by atoms with Gasteiger partial charge in [-0.2, -0.15) is 0 Å². The van der Waals surface area contributed by atoms with E-state index in [-0.39, 0.29) is 17.4 Å². The summed E-state index contributed by atoms with van der Waals surface area (Å²) in [7, 11) is 0. The molecule has 1 amide bonds. The molecule has 0 aliphatic heterocycles. The molecule has 0 radical (unpaired) electrons. The molecule has 1 fully saturated rings. The first kappa shape index (κ1) is 16.0. The monoisotopic (exact) mass is 288 g/mol. The predicted octanol–water partition coefficient (Wildman–Crippen LogP) is 3.13. The van der Waals surface area contributed by atoms with E-state index in [0.29, 0.717) is 13.0 Å². The number of rotatable bonds is 6. The van der Waals surface area contributed by atoms with Gasteiger partial charge in [0.1, 0.15) is 0 Å². The molecule has 3 N–H and O–H groups in total. The lowest BCUT2D eigenvalue weighted by Crippen LogP contribution is -2.51. The van der Waals surface area contributed by atoms with Crippen LogP contribution in [0.1, 0.15) is 63.0 Å². The Kier molecular flexibility index (Phi) is 5.40. The maximum Gasteiger partial charge on any atom is 0.221 e. The van der Waals surface area contributed by atoms with Crippen LogP contribution in [0, 0.1) is 0 Å². The fraction of sp³-hybridized carbons (Fsp3) is 0.611. The number of benzene rings is 1. The summed E-state index contributed by atoms with van der Waals surface area (Å²) in [5, 5.41) is 3.20. The lowest BCUT2D eigenvalue weighted by molar-refractivity contribution is -0.123. The van der Waals surface area contributed by atoms with Gasteiger partial charge in [-0.25, -0.2) is 0 Å². The Labute approximate surface area is 128 Å². The summed E-state index contributed by atoms with van der Waals surface area (Å²) in [5.41, 5.74) is 8.31. The second kappa shape index (κ2) is 7.08. The molecule has 0 heterocycles. The van der Waals surface area contributed by atoms with Gasteiger partial charge >= 0.3 is 0 Å². The van der Waals surface area contributed by atoms with Crippen LogP contribution in [-0.2, 0) is 11.2 Å². The highest BCUT2D eigenvalue weighted by Crippen LogP contribution is 2.29. The largest absolute Gasteiger partial charge is 0.349 e. The SMILES string of the molecule is CCc1ccc(C(C)CC(=O)NC2(CN)CCCC2)cc1. The normalized spacial score (nSPS) is 18.4. The van der Waals surface area contributed by atoms with Gasteiger partial charge in [-0.05, 0) is 36.3 Å². The van der Waals surface area contributed by atoms with E-state index < -0.39 is 0 Å². The summed E-state index contributed by atoms with van der Waals surface area (Å²) in [6.45, 7) is 4.82. The second-order valence-electron chi connectivity index (χ2n) is 6.44. The van der Waals surface area contributed by atoms with Crippen molar-refractivity contribution in [3.63, 3.8) is 0 Å². The Hall–Kier alpha value is -1.35. The first-order valence-electron chi connectivity index (χ1n) is 8.18. The molecule has 116 valence electrons. The van der Waals surface area contributed by atoms with Crippen LogP contribution >= 0.6 is 0 Å². The van der Waals surface area contributed by atoms with E-state index in [0.717, 1.165) is 19.3 Å². The van der Waals surface area contributed by atoms with E-state index in [1.54, 1.807) is 0 Å². The smallest absolute Gasteiger partial charge is 0.221 e. The Morgan fingerprint density at radius 2 is 1.90 bits per heavy atom. The minimum Gasteiger partial charge on any atom is -0.349 e. The average molecular weight is 288 g/mol. The predicted molar refractivity (Wildman–Crippen MR) is 87.2 cm³/mol. The van der Waals surface area contributed by atoms with Gasteiger partial charge in [-0.3, -0.25) is 4.79 Å². The number of carbonyl (C=O) groups excluding carboxylic acids is 1. The highest BCUT2D eigenvalue weighted by atomic mass is 16.1. The molecule has 0 saturated heterocycles. The van der Waals surface area contributed by atoms with Crippen molar-refractivity contribution in [2.75, 3.05) is 6.54 Å². The Morgan fingerprint density at radius 1 is 1.29 bits per heavy atom. The van der Waals surface area contributed by atoms with Gasteiger partial charge in [0.15, 0.2) is 0 Å². The third-order valence-electron chi connectivity index (χ3n) is 4.80. The maximum atomic E-state index is 12.3. The molecule has 1 saturated carbocycles. The number of amides is 1. The summed E-state index contributed by atoms with van der Waals surface area (Å²) in [6, 6.07) is 8.60. The minimum absolute atomic E-state index is 0.134. The zero-order chi connectivity index (χ0) is 15.3. The first-order chi connectivity index (χ1) is 10.1. The van der Waals surface area contributed by atoms with Crippen LogP contribution in [0.3, 0.4) is 0 Å². The third-order valence-corrected chi connectivity index (χ3v) is 4.80. The Morgan fingerprint density at radius 3 is 2.43 bits per heavy atom. The van der Waals surface area contributed by atoms with Crippen molar-refractivity contribution in [1.82, 2.24) is 5.32 Å². The van der Waals surface area contributed by atoms with E-state index in [1.165, 1.54) is 24.0 Å². The van der Waals surface area contributed by atoms with Crippen LogP contribution in [0.15, 0.2) is 24.3 Å². The van der Waals surface area contributed by atoms with Crippen molar-refractivity contribution in [3.05, 3.63) is 35.4 Å². The van der Waals surface area contributed by atoms with Crippen molar-refractivity contribution in [1.29, 1.82) is 0 Å². The van der Waals surface area contributed by atoms with Crippen molar-refractivity contribution in [3.8, 4) is 0 Å². The van der Waals surface area contributed by atoms with Crippen molar-refractivity contribution >= 4 is 5.91 Å². The molecular formula is C18H28N2O. The van der Waals surface area contributed by atoms with Crippen molar-refractivity contribution in [2.45, 2.75) is 63.8 Å². The van der Waals surface area contributed by atoms with Crippen LogP contribution in [-0.4, -0.2) is 18.0 Å². The zero-order valence-electron chi connectivity index (χ0n) is 13.3. The van der Waals surface area contributed by atoms with Gasteiger partial charge in [0.25, 0.3) is 0 Å². The molecule has 1 aromatic carbocycles. The fourth-order valence-corrected chi connectivity index (χ4v) is 3.26. The molecule has 1 atom stereocenters. The molecule has 1 aromatic rings. The van der Waals surface area contributed by atoms with Crippen LogP contribution in [0.5, 0.6) is 0 Å². The summed E-state index contributed by atoms with van der Waals surface area (Å²) in [5.74, 6) is 0.376. The third kappa shape index (κ3) is 4.07. The van der Waals surface area contributed by atoms with Gasteiger partial charge in [0, 0.05) is 13.0 Å². The van der Waals surface area contributed by atoms with Crippen LogP contribution in [0.2, 0.25) is 0 Å². The number of carbonyl (C=O) groups is 1. The fourth-order valence-electron chi connectivity index (χ4n) is 3.26. The van der Waals surface area contributed by atoms with Gasteiger partial charge in [0.2, 0.25) is 5.91 Å². The molecule has 3 heteroatoms. The highest BCUT2D eigenvalue weighted by Gasteiger charge is 2.33.